The average molecular weight is 503 g/mol. The van der Waals surface area contributed by atoms with E-state index in [1.807, 2.05) is 30.3 Å². The molecule has 5 aromatic rings. The van der Waals surface area contributed by atoms with Gasteiger partial charge in [-0.2, -0.15) is 5.26 Å². The molecule has 38 heavy (non-hydrogen) atoms. The maximum Gasteiger partial charge on any atom is 0.234 e. The van der Waals surface area contributed by atoms with Crippen molar-refractivity contribution in [2.45, 2.75) is 25.4 Å². The summed E-state index contributed by atoms with van der Waals surface area (Å²) in [5.74, 6) is 2.08. The third kappa shape index (κ3) is 4.75. The first kappa shape index (κ1) is 23.5. The quantitative estimate of drug-likeness (QED) is 0.355. The minimum atomic E-state index is 0.187. The number of aromatic nitrogens is 6. The van der Waals surface area contributed by atoms with Crippen molar-refractivity contribution >= 4 is 22.7 Å². The third-order valence-electron chi connectivity index (χ3n) is 6.83. The number of hydrogen-bond acceptors (Lipinski definition) is 9. The van der Waals surface area contributed by atoms with E-state index in [0.29, 0.717) is 17.7 Å². The van der Waals surface area contributed by atoms with Crippen LogP contribution in [0, 0.1) is 11.3 Å². The zero-order chi connectivity index (χ0) is 25.9. The number of hydrogen-bond donors (Lipinski definition) is 2. The molecule has 10 heteroatoms. The fourth-order valence-corrected chi connectivity index (χ4v) is 4.93. The van der Waals surface area contributed by atoms with Crippen LogP contribution >= 0.6 is 0 Å². The summed E-state index contributed by atoms with van der Waals surface area (Å²) >= 11 is 0. The third-order valence-corrected chi connectivity index (χ3v) is 6.83. The molecule has 1 aliphatic rings. The second-order valence-electron chi connectivity index (χ2n) is 9.31. The summed E-state index contributed by atoms with van der Waals surface area (Å²) in [4.78, 5) is 24.0. The van der Waals surface area contributed by atoms with E-state index >= 15 is 0 Å². The van der Waals surface area contributed by atoms with Crippen LogP contribution in [0.5, 0.6) is 0 Å². The molecular weight excluding hydrogens is 476 g/mol. The number of nitrogens with one attached hydrogen (secondary N) is 1. The smallest absolute Gasteiger partial charge is 0.234 e. The van der Waals surface area contributed by atoms with E-state index in [0.717, 1.165) is 60.6 Å². The number of nitriles is 1. The van der Waals surface area contributed by atoms with Crippen LogP contribution in [-0.4, -0.2) is 53.5 Å². The second kappa shape index (κ2) is 10.2. The summed E-state index contributed by atoms with van der Waals surface area (Å²) in [5, 5.41) is 12.5. The Hall–Kier alpha value is -4.88. The number of piperidine rings is 1. The minimum Gasteiger partial charge on any atom is -0.383 e. The maximum absolute atomic E-state index is 9.01. The van der Waals surface area contributed by atoms with E-state index in [-0.39, 0.29) is 5.82 Å². The Kier molecular flexibility index (Phi) is 6.34. The van der Waals surface area contributed by atoms with Crippen LogP contribution in [-0.2, 0) is 6.54 Å². The summed E-state index contributed by atoms with van der Waals surface area (Å²) in [6.45, 7) is 2.86. The molecule has 0 saturated carbocycles. The van der Waals surface area contributed by atoms with Crippen molar-refractivity contribution in [1.82, 2.24) is 34.4 Å². The molecular formula is C28H26N10. The molecule has 6 rings (SSSR count). The molecule has 1 saturated heterocycles. The summed E-state index contributed by atoms with van der Waals surface area (Å²) < 4.78 is 2.11. The van der Waals surface area contributed by atoms with Crippen molar-refractivity contribution in [2.24, 2.45) is 0 Å². The Bertz CT molecular complexity index is 1610. The number of anilines is 2. The normalized spacial score (nSPS) is 14.4. The molecule has 3 N–H and O–H groups in total. The molecule has 1 aliphatic heterocycles. The lowest BCUT2D eigenvalue weighted by atomic mass is 10.0. The molecule has 0 atom stereocenters. The highest BCUT2D eigenvalue weighted by molar-refractivity contribution is 5.84. The molecule has 0 unspecified atom stereocenters. The average Bonchev–Trinajstić information content (AvgIpc) is 3.34. The molecule has 5 heterocycles. The Morgan fingerprint density at radius 3 is 2.61 bits per heavy atom. The molecule has 1 fully saturated rings. The summed E-state index contributed by atoms with van der Waals surface area (Å²) in [5.41, 5.74) is 11.0. The van der Waals surface area contributed by atoms with Crippen molar-refractivity contribution in [3.63, 3.8) is 0 Å². The number of pyridine rings is 2. The number of likely N-dealkylation sites (tertiary alicyclic amines) is 1. The number of nitrogens with two attached hydrogens (primary N) is 1. The van der Waals surface area contributed by atoms with Gasteiger partial charge in [0.1, 0.15) is 29.0 Å². The molecule has 1 aromatic carbocycles. The van der Waals surface area contributed by atoms with Crippen molar-refractivity contribution < 1.29 is 0 Å². The molecule has 188 valence electrons. The highest BCUT2D eigenvalue weighted by Crippen LogP contribution is 2.30. The van der Waals surface area contributed by atoms with Crippen LogP contribution in [0.4, 0.5) is 11.6 Å². The highest BCUT2D eigenvalue weighted by atomic mass is 15.2. The van der Waals surface area contributed by atoms with Gasteiger partial charge in [-0.1, -0.05) is 12.1 Å². The molecule has 0 amide bonds. The standard InChI is InChI=1S/C28H26N10/c29-16-26-32-13-8-25(36-26)34-20-9-14-37(15-10-20)18-19-3-5-21(6-4-19)38-24-7-12-31-17-23(24)35-28(38)22-2-1-11-33-27(22)30/h1-8,11-13,17,20H,9-10,14-15,18H2,(H2,30,33)(H,32,34,36). The van der Waals surface area contributed by atoms with Gasteiger partial charge in [-0.05, 0) is 54.8 Å². The highest BCUT2D eigenvalue weighted by Gasteiger charge is 2.20. The van der Waals surface area contributed by atoms with Crippen molar-refractivity contribution in [3.05, 3.63) is 84.7 Å². The zero-order valence-corrected chi connectivity index (χ0v) is 20.7. The zero-order valence-electron chi connectivity index (χ0n) is 20.7. The fourth-order valence-electron chi connectivity index (χ4n) is 4.93. The van der Waals surface area contributed by atoms with Crippen LogP contribution in [0.2, 0.25) is 0 Å². The van der Waals surface area contributed by atoms with Gasteiger partial charge in [-0.25, -0.2) is 19.9 Å². The van der Waals surface area contributed by atoms with E-state index in [1.165, 1.54) is 5.56 Å². The SMILES string of the molecule is N#Cc1nccc(NC2CCN(Cc3ccc(-n4c(-c5cccnc5N)nc5cnccc54)cc3)CC2)n1. The first-order valence-electron chi connectivity index (χ1n) is 12.5. The first-order valence-corrected chi connectivity index (χ1v) is 12.5. The van der Waals surface area contributed by atoms with Gasteiger partial charge in [-0.15, -0.1) is 0 Å². The summed E-state index contributed by atoms with van der Waals surface area (Å²) in [6.07, 6.45) is 8.86. The van der Waals surface area contributed by atoms with E-state index in [1.54, 1.807) is 24.8 Å². The van der Waals surface area contributed by atoms with Gasteiger partial charge in [0.15, 0.2) is 0 Å². The van der Waals surface area contributed by atoms with Gasteiger partial charge in [0, 0.05) is 50.0 Å². The largest absolute Gasteiger partial charge is 0.383 e. The predicted octanol–water partition coefficient (Wildman–Crippen LogP) is 3.80. The lowest BCUT2D eigenvalue weighted by molar-refractivity contribution is 0.211. The van der Waals surface area contributed by atoms with Crippen LogP contribution in [0.15, 0.2) is 73.3 Å². The van der Waals surface area contributed by atoms with Crippen LogP contribution in [0.3, 0.4) is 0 Å². The Balaban J connectivity index is 1.16. The summed E-state index contributed by atoms with van der Waals surface area (Å²) in [7, 11) is 0. The van der Waals surface area contributed by atoms with E-state index in [4.69, 9.17) is 16.0 Å². The molecule has 10 nitrogen and oxygen atoms in total. The van der Waals surface area contributed by atoms with Gasteiger partial charge < -0.3 is 11.1 Å². The van der Waals surface area contributed by atoms with E-state index < -0.39 is 0 Å². The van der Waals surface area contributed by atoms with Crippen LogP contribution in [0.25, 0.3) is 28.1 Å². The topological polar surface area (TPSA) is 134 Å². The molecule has 0 aliphatic carbocycles. The van der Waals surface area contributed by atoms with E-state index in [9.17, 15) is 0 Å². The Morgan fingerprint density at radius 1 is 0.974 bits per heavy atom. The second-order valence-corrected chi connectivity index (χ2v) is 9.31. The number of nitrogens with zero attached hydrogens (tertiary/aromatic N) is 8. The van der Waals surface area contributed by atoms with Crippen molar-refractivity contribution in [3.8, 4) is 23.1 Å². The monoisotopic (exact) mass is 502 g/mol. The van der Waals surface area contributed by atoms with Gasteiger partial charge in [-0.3, -0.25) is 14.5 Å². The van der Waals surface area contributed by atoms with Gasteiger partial charge in [0.2, 0.25) is 5.82 Å². The van der Waals surface area contributed by atoms with Gasteiger partial charge >= 0.3 is 0 Å². The number of fused-ring (bicyclic) bond motifs is 1. The van der Waals surface area contributed by atoms with Crippen molar-refractivity contribution in [1.29, 1.82) is 5.26 Å². The first-order chi connectivity index (χ1) is 18.7. The number of rotatable bonds is 6. The van der Waals surface area contributed by atoms with Crippen LogP contribution < -0.4 is 11.1 Å². The maximum atomic E-state index is 9.01. The Labute approximate surface area is 219 Å². The van der Waals surface area contributed by atoms with Gasteiger partial charge in [0.05, 0.1) is 17.3 Å². The number of imidazole rings is 1. The number of benzene rings is 1. The lowest BCUT2D eigenvalue weighted by Crippen LogP contribution is -2.38. The molecule has 0 radical (unpaired) electrons. The summed E-state index contributed by atoms with van der Waals surface area (Å²) in [6, 6.07) is 18.5. The van der Waals surface area contributed by atoms with E-state index in [2.05, 4.69) is 59.0 Å². The van der Waals surface area contributed by atoms with Gasteiger partial charge in [0.25, 0.3) is 0 Å². The lowest BCUT2D eigenvalue weighted by Gasteiger charge is -2.32. The van der Waals surface area contributed by atoms with Crippen LogP contribution in [0.1, 0.15) is 24.2 Å². The predicted molar refractivity (Wildman–Crippen MR) is 145 cm³/mol. The minimum absolute atomic E-state index is 0.187. The fraction of sp³-hybridized carbons (Fsp3) is 0.214. The van der Waals surface area contributed by atoms with Crippen molar-refractivity contribution in [2.75, 3.05) is 24.1 Å². The Morgan fingerprint density at radius 2 is 1.82 bits per heavy atom. The number of nitrogen functional groups attached to an aromatic ring is 1. The molecule has 4 aromatic heterocycles. The molecule has 0 spiro atoms. The molecule has 0 bridgehead atoms.